The van der Waals surface area contributed by atoms with Gasteiger partial charge in [-0.1, -0.05) is 35.6 Å². The van der Waals surface area contributed by atoms with Crippen LogP contribution >= 0.6 is 11.3 Å². The summed E-state index contributed by atoms with van der Waals surface area (Å²) in [7, 11) is 1.67. The number of amides is 1. The van der Waals surface area contributed by atoms with Gasteiger partial charge in [0, 0.05) is 26.2 Å². The van der Waals surface area contributed by atoms with E-state index in [2.05, 4.69) is 16.1 Å². The molecular weight excluding hydrogens is 410 g/mol. The molecule has 158 valence electrons. The van der Waals surface area contributed by atoms with Crippen LogP contribution in [0, 0.1) is 6.92 Å². The molecule has 1 amide bonds. The summed E-state index contributed by atoms with van der Waals surface area (Å²) in [6.45, 7) is 4.75. The second-order valence-electron chi connectivity index (χ2n) is 7.47. The quantitative estimate of drug-likeness (QED) is 0.490. The highest BCUT2D eigenvalue weighted by molar-refractivity contribution is 7.22. The lowest BCUT2D eigenvalue weighted by atomic mass is 10.2. The minimum absolute atomic E-state index is 0.0327. The van der Waals surface area contributed by atoms with E-state index in [0.29, 0.717) is 18.7 Å². The number of hydrogen-bond acceptors (Lipinski definition) is 6. The van der Waals surface area contributed by atoms with Crippen molar-refractivity contribution in [1.29, 1.82) is 0 Å². The molecule has 7 nitrogen and oxygen atoms in total. The number of hydrogen-bond donors (Lipinski definition) is 0. The van der Waals surface area contributed by atoms with Gasteiger partial charge < -0.3 is 14.5 Å². The highest BCUT2D eigenvalue weighted by Crippen LogP contribution is 2.34. The fourth-order valence-electron chi connectivity index (χ4n) is 3.93. The molecule has 0 aliphatic carbocycles. The van der Waals surface area contributed by atoms with Crippen LogP contribution in [0.3, 0.4) is 0 Å². The first-order chi connectivity index (χ1) is 15.2. The molecule has 5 rings (SSSR count). The van der Waals surface area contributed by atoms with Gasteiger partial charge in [-0.05, 0) is 31.2 Å². The van der Waals surface area contributed by atoms with Crippen LogP contribution in [0.4, 0.5) is 5.13 Å². The molecule has 3 heterocycles. The van der Waals surface area contributed by atoms with Gasteiger partial charge in [-0.2, -0.15) is 5.10 Å². The maximum Gasteiger partial charge on any atom is 0.257 e. The Morgan fingerprint density at radius 3 is 2.55 bits per heavy atom. The summed E-state index contributed by atoms with van der Waals surface area (Å²) >= 11 is 1.66. The number of methoxy groups -OCH3 is 1. The average Bonchev–Trinajstić information content (AvgIpc) is 3.43. The Morgan fingerprint density at radius 2 is 1.81 bits per heavy atom. The summed E-state index contributed by atoms with van der Waals surface area (Å²) in [4.78, 5) is 22.1. The van der Waals surface area contributed by atoms with Crippen molar-refractivity contribution in [3.8, 4) is 11.4 Å². The smallest absolute Gasteiger partial charge is 0.257 e. The minimum atomic E-state index is 0.0327. The topological polar surface area (TPSA) is 63.5 Å². The third-order valence-electron chi connectivity index (χ3n) is 5.67. The molecule has 2 aromatic heterocycles. The standard InChI is InChI=1S/C23H23N5O2S/c1-16-18(15-24-28(16)17-7-4-3-5-8-17)22(29)26-11-13-27(14-12-26)23-25-21-19(30-2)9-6-10-20(21)31-23/h3-10,15H,11-14H2,1-2H3. The third-order valence-corrected chi connectivity index (χ3v) is 6.75. The lowest BCUT2D eigenvalue weighted by Gasteiger charge is -2.34. The van der Waals surface area contributed by atoms with Gasteiger partial charge in [0.15, 0.2) is 5.13 Å². The summed E-state index contributed by atoms with van der Waals surface area (Å²) in [5.41, 5.74) is 3.36. The van der Waals surface area contributed by atoms with Crippen LogP contribution in [0.5, 0.6) is 5.75 Å². The van der Waals surface area contributed by atoms with Crippen LogP contribution in [0.2, 0.25) is 0 Å². The van der Waals surface area contributed by atoms with Crippen molar-refractivity contribution >= 4 is 32.6 Å². The Labute approximate surface area is 184 Å². The molecular formula is C23H23N5O2S. The lowest BCUT2D eigenvalue weighted by Crippen LogP contribution is -2.48. The SMILES string of the molecule is COc1cccc2sc(N3CCN(C(=O)c4cnn(-c5ccccc5)c4C)CC3)nc12. The zero-order chi connectivity index (χ0) is 21.4. The molecule has 1 aliphatic rings. The number of aromatic nitrogens is 3. The van der Waals surface area contributed by atoms with Crippen LogP contribution in [0.25, 0.3) is 15.9 Å². The molecule has 8 heteroatoms. The van der Waals surface area contributed by atoms with Gasteiger partial charge >= 0.3 is 0 Å². The first-order valence-corrected chi connectivity index (χ1v) is 11.0. The predicted octanol–water partition coefficient (Wildman–Crippen LogP) is 3.76. The molecule has 1 saturated heterocycles. The number of nitrogens with zero attached hydrogens (tertiary/aromatic N) is 5. The van der Waals surface area contributed by atoms with Crippen molar-refractivity contribution in [3.05, 3.63) is 66.0 Å². The van der Waals surface area contributed by atoms with E-state index in [1.54, 1.807) is 24.6 Å². The van der Waals surface area contributed by atoms with Gasteiger partial charge in [0.25, 0.3) is 5.91 Å². The number of carbonyl (C=O) groups is 1. The first kappa shape index (κ1) is 19.6. The van der Waals surface area contributed by atoms with Gasteiger partial charge in [0.2, 0.25) is 0 Å². The number of anilines is 1. The summed E-state index contributed by atoms with van der Waals surface area (Å²) in [6, 6.07) is 15.9. The molecule has 1 aliphatic heterocycles. The number of thiazole rings is 1. The fourth-order valence-corrected chi connectivity index (χ4v) is 4.97. The van der Waals surface area contributed by atoms with Gasteiger partial charge in [0.1, 0.15) is 11.3 Å². The van der Waals surface area contributed by atoms with Crippen molar-refractivity contribution in [3.63, 3.8) is 0 Å². The second kappa shape index (κ2) is 8.03. The normalized spacial score (nSPS) is 14.3. The Hall–Kier alpha value is -3.39. The van der Waals surface area contributed by atoms with Crippen molar-refractivity contribution < 1.29 is 9.53 Å². The Morgan fingerprint density at radius 1 is 1.03 bits per heavy atom. The van der Waals surface area contributed by atoms with Crippen molar-refractivity contribution in [2.45, 2.75) is 6.92 Å². The number of fused-ring (bicyclic) bond motifs is 1. The Balaban J connectivity index is 1.30. The Kier molecular flexibility index (Phi) is 5.07. The molecule has 1 fully saturated rings. The van der Waals surface area contributed by atoms with Crippen LogP contribution < -0.4 is 9.64 Å². The Bertz CT molecular complexity index is 1230. The van der Waals surface area contributed by atoms with E-state index in [1.807, 2.05) is 59.0 Å². The van der Waals surface area contributed by atoms with Crippen LogP contribution in [-0.2, 0) is 0 Å². The molecule has 2 aromatic carbocycles. The number of carbonyl (C=O) groups excluding carboxylic acids is 1. The molecule has 0 spiro atoms. The number of benzene rings is 2. The molecule has 0 unspecified atom stereocenters. The van der Waals surface area contributed by atoms with Gasteiger partial charge in [0.05, 0.1) is 35.0 Å². The molecule has 0 radical (unpaired) electrons. The van der Waals surface area contributed by atoms with E-state index in [0.717, 1.165) is 45.6 Å². The largest absolute Gasteiger partial charge is 0.494 e. The molecule has 0 atom stereocenters. The van der Waals surface area contributed by atoms with Gasteiger partial charge in [-0.15, -0.1) is 0 Å². The highest BCUT2D eigenvalue weighted by atomic mass is 32.1. The molecule has 4 aromatic rings. The first-order valence-electron chi connectivity index (χ1n) is 10.2. The number of rotatable bonds is 4. The van der Waals surface area contributed by atoms with E-state index in [9.17, 15) is 4.79 Å². The molecule has 0 saturated carbocycles. The highest BCUT2D eigenvalue weighted by Gasteiger charge is 2.26. The van der Waals surface area contributed by atoms with Crippen LogP contribution in [0.1, 0.15) is 16.1 Å². The molecule has 0 bridgehead atoms. The summed E-state index contributed by atoms with van der Waals surface area (Å²) < 4.78 is 8.36. The number of para-hydroxylation sites is 2. The van der Waals surface area contributed by atoms with E-state index in [1.165, 1.54) is 0 Å². The summed E-state index contributed by atoms with van der Waals surface area (Å²) in [5, 5.41) is 5.42. The van der Waals surface area contributed by atoms with E-state index in [4.69, 9.17) is 9.72 Å². The zero-order valence-electron chi connectivity index (χ0n) is 17.5. The van der Waals surface area contributed by atoms with E-state index in [-0.39, 0.29) is 5.91 Å². The summed E-state index contributed by atoms with van der Waals surface area (Å²) in [6.07, 6.45) is 1.68. The minimum Gasteiger partial charge on any atom is -0.494 e. The zero-order valence-corrected chi connectivity index (χ0v) is 18.3. The van der Waals surface area contributed by atoms with Crippen molar-refractivity contribution in [2.75, 3.05) is 38.2 Å². The van der Waals surface area contributed by atoms with Crippen LogP contribution in [-0.4, -0.2) is 58.9 Å². The van der Waals surface area contributed by atoms with E-state index >= 15 is 0 Å². The second-order valence-corrected chi connectivity index (χ2v) is 8.48. The maximum atomic E-state index is 13.2. The fraction of sp³-hybridized carbons (Fsp3) is 0.261. The molecule has 31 heavy (non-hydrogen) atoms. The number of piperazine rings is 1. The third kappa shape index (κ3) is 3.53. The van der Waals surface area contributed by atoms with E-state index < -0.39 is 0 Å². The van der Waals surface area contributed by atoms with Gasteiger partial charge in [-0.3, -0.25) is 4.79 Å². The van der Waals surface area contributed by atoms with Crippen LogP contribution in [0.15, 0.2) is 54.7 Å². The van der Waals surface area contributed by atoms with Crippen molar-refractivity contribution in [2.24, 2.45) is 0 Å². The maximum absolute atomic E-state index is 13.2. The number of ether oxygens (including phenoxy) is 1. The lowest BCUT2D eigenvalue weighted by molar-refractivity contribution is 0.0746. The van der Waals surface area contributed by atoms with Gasteiger partial charge in [-0.25, -0.2) is 9.67 Å². The summed E-state index contributed by atoms with van der Waals surface area (Å²) in [5.74, 6) is 0.824. The van der Waals surface area contributed by atoms with Crippen molar-refractivity contribution in [1.82, 2.24) is 19.7 Å². The molecule has 0 N–H and O–H groups in total. The monoisotopic (exact) mass is 433 g/mol. The predicted molar refractivity (Wildman–Crippen MR) is 123 cm³/mol. The average molecular weight is 434 g/mol.